The van der Waals surface area contributed by atoms with E-state index in [1.54, 1.807) is 11.3 Å². The first-order valence-electron chi connectivity index (χ1n) is 2.77. The Hall–Kier alpha value is 0.140. The number of aryl methyl sites for hydroxylation is 1. The van der Waals surface area contributed by atoms with Crippen LogP contribution in [-0.2, 0) is 6.42 Å². The predicted molar refractivity (Wildman–Crippen MR) is 53.5 cm³/mol. The molecule has 2 N–H and O–H groups in total. The van der Waals surface area contributed by atoms with E-state index in [-0.39, 0.29) is 12.4 Å². The Morgan fingerprint density at radius 3 is 2.70 bits per heavy atom. The van der Waals surface area contributed by atoms with Gasteiger partial charge in [0.2, 0.25) is 0 Å². The number of thiol groups is 1. The minimum atomic E-state index is 0. The van der Waals surface area contributed by atoms with Crippen molar-refractivity contribution in [3.63, 3.8) is 0 Å². The third-order valence-electron chi connectivity index (χ3n) is 1.12. The molecule has 0 saturated heterocycles. The van der Waals surface area contributed by atoms with Gasteiger partial charge in [0.25, 0.3) is 0 Å². The number of nitrogens with two attached hydrogens (primary N) is 1. The lowest BCUT2D eigenvalue weighted by atomic mass is 10.3. The van der Waals surface area contributed by atoms with E-state index >= 15 is 0 Å². The SMILES string of the molecule is Cl.Nc1ccsc1CCS. The van der Waals surface area contributed by atoms with E-state index in [1.165, 1.54) is 4.88 Å². The van der Waals surface area contributed by atoms with E-state index in [0.717, 1.165) is 17.9 Å². The summed E-state index contributed by atoms with van der Waals surface area (Å²) in [5, 5.41) is 2.01. The van der Waals surface area contributed by atoms with Crippen LogP contribution in [0.2, 0.25) is 0 Å². The van der Waals surface area contributed by atoms with Crippen molar-refractivity contribution in [1.82, 2.24) is 0 Å². The summed E-state index contributed by atoms with van der Waals surface area (Å²) in [5.41, 5.74) is 6.51. The molecule has 0 amide bonds. The van der Waals surface area contributed by atoms with Gasteiger partial charge in [-0.1, -0.05) is 0 Å². The smallest absolute Gasteiger partial charge is 0.0455 e. The molecule has 10 heavy (non-hydrogen) atoms. The summed E-state index contributed by atoms with van der Waals surface area (Å²) in [4.78, 5) is 1.25. The quantitative estimate of drug-likeness (QED) is 0.696. The van der Waals surface area contributed by atoms with Crippen molar-refractivity contribution in [3.05, 3.63) is 16.3 Å². The number of hydrogen-bond donors (Lipinski definition) is 2. The van der Waals surface area contributed by atoms with Gasteiger partial charge < -0.3 is 5.73 Å². The topological polar surface area (TPSA) is 26.0 Å². The molecule has 1 aromatic heterocycles. The standard InChI is InChI=1S/C6H9NS2.ClH/c7-5-2-4-9-6(5)1-3-8;/h2,4,8H,1,3,7H2;1H. The summed E-state index contributed by atoms with van der Waals surface area (Å²) in [6, 6.07) is 1.93. The van der Waals surface area contributed by atoms with Gasteiger partial charge in [-0.2, -0.15) is 12.6 Å². The Morgan fingerprint density at radius 2 is 2.30 bits per heavy atom. The number of nitrogen functional groups attached to an aromatic ring is 1. The normalized spacial score (nSPS) is 8.90. The molecule has 58 valence electrons. The van der Waals surface area contributed by atoms with Crippen LogP contribution in [-0.4, -0.2) is 5.75 Å². The third-order valence-corrected chi connectivity index (χ3v) is 2.34. The Labute approximate surface area is 76.4 Å². The number of thiophene rings is 1. The lowest BCUT2D eigenvalue weighted by Gasteiger charge is -1.92. The van der Waals surface area contributed by atoms with Crippen LogP contribution in [0.15, 0.2) is 11.4 Å². The molecule has 0 saturated carbocycles. The van der Waals surface area contributed by atoms with Gasteiger partial charge in [0.15, 0.2) is 0 Å². The zero-order valence-corrected chi connectivity index (χ0v) is 7.94. The zero-order valence-electron chi connectivity index (χ0n) is 5.41. The number of anilines is 1. The molecule has 0 fully saturated rings. The maximum absolute atomic E-state index is 5.60. The van der Waals surface area contributed by atoms with Crippen LogP contribution in [0.4, 0.5) is 5.69 Å². The number of rotatable bonds is 2. The van der Waals surface area contributed by atoms with Gasteiger partial charge in [-0.3, -0.25) is 0 Å². The Balaban J connectivity index is 0.000000810. The van der Waals surface area contributed by atoms with Crippen molar-refractivity contribution < 1.29 is 0 Å². The highest BCUT2D eigenvalue weighted by Crippen LogP contribution is 2.19. The molecule has 0 aromatic carbocycles. The van der Waals surface area contributed by atoms with E-state index in [4.69, 9.17) is 5.73 Å². The summed E-state index contributed by atoms with van der Waals surface area (Å²) < 4.78 is 0. The minimum Gasteiger partial charge on any atom is -0.398 e. The first-order valence-corrected chi connectivity index (χ1v) is 4.28. The first-order chi connectivity index (χ1) is 4.34. The summed E-state index contributed by atoms with van der Waals surface area (Å²) in [6.45, 7) is 0. The molecule has 0 atom stereocenters. The zero-order chi connectivity index (χ0) is 6.69. The van der Waals surface area contributed by atoms with E-state index in [1.807, 2.05) is 11.4 Å². The van der Waals surface area contributed by atoms with Crippen molar-refractivity contribution in [2.75, 3.05) is 11.5 Å². The molecular weight excluding hydrogens is 186 g/mol. The molecule has 4 heteroatoms. The van der Waals surface area contributed by atoms with E-state index in [9.17, 15) is 0 Å². The van der Waals surface area contributed by atoms with Crippen molar-refractivity contribution in [3.8, 4) is 0 Å². The fraction of sp³-hybridized carbons (Fsp3) is 0.333. The van der Waals surface area contributed by atoms with Gasteiger partial charge in [-0.15, -0.1) is 23.7 Å². The molecule has 0 radical (unpaired) electrons. The molecule has 1 nitrogen and oxygen atoms in total. The Bertz CT molecular complexity index is 188. The molecule has 0 unspecified atom stereocenters. The predicted octanol–water partition coefficient (Wildman–Crippen LogP) is 2.22. The fourth-order valence-electron chi connectivity index (χ4n) is 0.655. The van der Waals surface area contributed by atoms with E-state index in [0.29, 0.717) is 0 Å². The fourth-order valence-corrected chi connectivity index (χ4v) is 1.83. The maximum atomic E-state index is 5.60. The van der Waals surface area contributed by atoms with Crippen LogP contribution in [0.1, 0.15) is 4.88 Å². The maximum Gasteiger partial charge on any atom is 0.0455 e. The average molecular weight is 196 g/mol. The molecule has 0 aliphatic rings. The summed E-state index contributed by atoms with van der Waals surface area (Å²) >= 11 is 5.81. The number of halogens is 1. The lowest BCUT2D eigenvalue weighted by molar-refractivity contribution is 1.22. The summed E-state index contributed by atoms with van der Waals surface area (Å²) in [6.07, 6.45) is 0.993. The second kappa shape index (κ2) is 4.88. The molecule has 1 heterocycles. The van der Waals surface area contributed by atoms with Crippen LogP contribution in [0.25, 0.3) is 0 Å². The number of hydrogen-bond acceptors (Lipinski definition) is 3. The molecule has 0 aliphatic heterocycles. The van der Waals surface area contributed by atoms with Gasteiger partial charge in [-0.05, 0) is 23.6 Å². The van der Waals surface area contributed by atoms with Crippen LogP contribution in [0.5, 0.6) is 0 Å². The van der Waals surface area contributed by atoms with Crippen molar-refractivity contribution in [2.45, 2.75) is 6.42 Å². The van der Waals surface area contributed by atoms with Crippen LogP contribution in [0.3, 0.4) is 0 Å². The van der Waals surface area contributed by atoms with Crippen LogP contribution >= 0.6 is 36.4 Å². The van der Waals surface area contributed by atoms with Gasteiger partial charge in [0.1, 0.15) is 0 Å². The van der Waals surface area contributed by atoms with E-state index < -0.39 is 0 Å². The van der Waals surface area contributed by atoms with Gasteiger partial charge in [0.05, 0.1) is 0 Å². The highest BCUT2D eigenvalue weighted by Gasteiger charge is 1.96. The van der Waals surface area contributed by atoms with Gasteiger partial charge >= 0.3 is 0 Å². The van der Waals surface area contributed by atoms with Crippen molar-refractivity contribution >= 4 is 42.1 Å². The monoisotopic (exact) mass is 195 g/mol. The Morgan fingerprint density at radius 1 is 1.60 bits per heavy atom. The molecule has 1 rings (SSSR count). The van der Waals surface area contributed by atoms with Crippen LogP contribution in [0, 0.1) is 0 Å². The van der Waals surface area contributed by atoms with Gasteiger partial charge in [0, 0.05) is 10.6 Å². The summed E-state index contributed by atoms with van der Waals surface area (Å²) in [5.74, 6) is 0.880. The first kappa shape index (κ1) is 10.1. The van der Waals surface area contributed by atoms with Crippen molar-refractivity contribution in [2.24, 2.45) is 0 Å². The average Bonchev–Trinajstić information content (AvgIpc) is 2.18. The molecule has 0 spiro atoms. The Kier molecular flexibility index (Phi) is 4.95. The largest absolute Gasteiger partial charge is 0.398 e. The highest BCUT2D eigenvalue weighted by molar-refractivity contribution is 7.80. The molecular formula is C6H10ClNS2. The molecule has 1 aromatic rings. The second-order valence-electron chi connectivity index (χ2n) is 1.77. The molecule has 0 aliphatic carbocycles. The van der Waals surface area contributed by atoms with Crippen LogP contribution < -0.4 is 5.73 Å². The van der Waals surface area contributed by atoms with E-state index in [2.05, 4.69) is 12.6 Å². The highest BCUT2D eigenvalue weighted by atomic mass is 35.5. The summed E-state index contributed by atoms with van der Waals surface area (Å²) in [7, 11) is 0. The second-order valence-corrected chi connectivity index (χ2v) is 3.22. The molecule has 0 bridgehead atoms. The third kappa shape index (κ3) is 2.40. The lowest BCUT2D eigenvalue weighted by Crippen LogP contribution is -1.88. The minimum absolute atomic E-state index is 0. The van der Waals surface area contributed by atoms with Crippen molar-refractivity contribution in [1.29, 1.82) is 0 Å². The van der Waals surface area contributed by atoms with Gasteiger partial charge in [-0.25, -0.2) is 0 Å².